The molecule has 0 spiro atoms. The predicted molar refractivity (Wildman–Crippen MR) is 131 cm³/mol. The van der Waals surface area contributed by atoms with Crippen LogP contribution in [0.1, 0.15) is 29.3 Å². The molecule has 0 bridgehead atoms. The van der Waals surface area contributed by atoms with Crippen molar-refractivity contribution in [3.63, 3.8) is 0 Å². The molecule has 31 heavy (non-hydrogen) atoms. The van der Waals surface area contributed by atoms with Crippen molar-refractivity contribution in [2.24, 2.45) is 0 Å². The highest BCUT2D eigenvalue weighted by atomic mass is 35.5. The number of hydrogen-bond acceptors (Lipinski definition) is 1. The summed E-state index contributed by atoms with van der Waals surface area (Å²) in [5.74, 6) is 0. The average molecular weight is 425 g/mol. The quantitative estimate of drug-likeness (QED) is 0.281. The number of aromatic nitrogens is 2. The van der Waals surface area contributed by atoms with E-state index < -0.39 is 0 Å². The minimum absolute atomic E-state index is 0.730. The second kappa shape index (κ2) is 8.56. The minimum atomic E-state index is 0.730. The topological polar surface area (TPSA) is 17.8 Å². The number of halogens is 1. The Morgan fingerprint density at radius 1 is 0.806 bits per heavy atom. The molecule has 0 atom stereocenters. The number of benzene rings is 3. The lowest BCUT2D eigenvalue weighted by atomic mass is 10.0. The van der Waals surface area contributed by atoms with Crippen LogP contribution in [0.15, 0.2) is 85.1 Å². The Balaban J connectivity index is 1.34. The van der Waals surface area contributed by atoms with Gasteiger partial charge in [0.25, 0.3) is 0 Å². The molecular formula is C28H25ClN2. The van der Waals surface area contributed by atoms with Gasteiger partial charge in [0.2, 0.25) is 0 Å². The highest BCUT2D eigenvalue weighted by molar-refractivity contribution is 6.31. The van der Waals surface area contributed by atoms with Gasteiger partial charge in [0.15, 0.2) is 0 Å². The van der Waals surface area contributed by atoms with Crippen molar-refractivity contribution < 1.29 is 0 Å². The van der Waals surface area contributed by atoms with Crippen LogP contribution < -0.4 is 0 Å². The lowest BCUT2D eigenvalue weighted by Crippen LogP contribution is -2.01. The fourth-order valence-electron chi connectivity index (χ4n) is 4.38. The van der Waals surface area contributed by atoms with Gasteiger partial charge in [-0.25, -0.2) is 0 Å². The second-order valence-electron chi connectivity index (χ2n) is 8.11. The van der Waals surface area contributed by atoms with Gasteiger partial charge in [0.05, 0.1) is 11.0 Å². The monoisotopic (exact) mass is 424 g/mol. The first kappa shape index (κ1) is 19.8. The molecule has 0 saturated heterocycles. The Hall–Kier alpha value is -3.10. The van der Waals surface area contributed by atoms with Crippen molar-refractivity contribution in [3.05, 3.63) is 112 Å². The summed E-state index contributed by atoms with van der Waals surface area (Å²) in [6.07, 6.45) is 5.14. The van der Waals surface area contributed by atoms with E-state index in [0.717, 1.165) is 47.4 Å². The largest absolute Gasteiger partial charge is 0.343 e. The molecule has 0 amide bonds. The van der Waals surface area contributed by atoms with Crippen molar-refractivity contribution in [2.45, 2.75) is 32.7 Å². The fraction of sp³-hybridized carbons (Fsp3) is 0.179. The Morgan fingerprint density at radius 3 is 2.55 bits per heavy atom. The molecule has 3 heteroatoms. The van der Waals surface area contributed by atoms with E-state index in [0.29, 0.717) is 0 Å². The van der Waals surface area contributed by atoms with Crippen LogP contribution in [-0.2, 0) is 25.8 Å². The molecule has 0 fully saturated rings. The first-order chi connectivity index (χ1) is 15.2. The maximum Gasteiger partial charge on any atom is 0.0720 e. The van der Waals surface area contributed by atoms with E-state index in [-0.39, 0.29) is 0 Å². The van der Waals surface area contributed by atoms with Gasteiger partial charge in [-0.2, -0.15) is 0 Å². The third-order valence-electron chi connectivity index (χ3n) is 5.98. The average Bonchev–Trinajstić information content (AvgIpc) is 3.20. The van der Waals surface area contributed by atoms with Gasteiger partial charge < -0.3 is 4.57 Å². The lowest BCUT2D eigenvalue weighted by Gasteiger charge is -2.11. The summed E-state index contributed by atoms with van der Waals surface area (Å²) in [6, 6.07) is 27.9. The molecule has 2 aromatic heterocycles. The molecule has 3 aromatic carbocycles. The Morgan fingerprint density at radius 2 is 1.65 bits per heavy atom. The molecule has 0 aliphatic heterocycles. The summed E-state index contributed by atoms with van der Waals surface area (Å²) in [5.41, 5.74) is 7.50. The molecule has 5 aromatic rings. The van der Waals surface area contributed by atoms with Crippen molar-refractivity contribution >= 4 is 33.4 Å². The molecule has 2 heterocycles. The highest BCUT2D eigenvalue weighted by Gasteiger charge is 2.07. The molecular weight excluding hydrogens is 400 g/mol. The van der Waals surface area contributed by atoms with E-state index in [1.54, 1.807) is 0 Å². The smallest absolute Gasteiger partial charge is 0.0720 e. The molecule has 2 nitrogen and oxygen atoms in total. The summed E-state index contributed by atoms with van der Waals surface area (Å²) in [4.78, 5) is 4.80. The zero-order valence-electron chi connectivity index (χ0n) is 17.7. The summed E-state index contributed by atoms with van der Waals surface area (Å²) in [7, 11) is 0. The Bertz CT molecular complexity index is 1370. The van der Waals surface area contributed by atoms with E-state index in [9.17, 15) is 0 Å². The SMILES string of the molecule is CCc1cccc2ccn(Cc3cccc(CCc4ccc5ccc(Cl)cc5n4)c3)c12. The van der Waals surface area contributed by atoms with Crippen LogP contribution in [0.25, 0.3) is 21.8 Å². The Labute approximate surface area is 188 Å². The third kappa shape index (κ3) is 4.22. The molecule has 5 rings (SSSR count). The van der Waals surface area contributed by atoms with Crippen LogP contribution in [0.5, 0.6) is 0 Å². The summed E-state index contributed by atoms with van der Waals surface area (Å²) < 4.78 is 2.38. The predicted octanol–water partition coefficient (Wildman–Crippen LogP) is 7.24. The summed E-state index contributed by atoms with van der Waals surface area (Å²) in [5, 5.41) is 3.17. The van der Waals surface area contributed by atoms with Crippen LogP contribution in [-0.4, -0.2) is 9.55 Å². The zero-order chi connectivity index (χ0) is 21.2. The molecule has 0 unspecified atom stereocenters. The van der Waals surface area contributed by atoms with E-state index in [2.05, 4.69) is 78.4 Å². The number of nitrogens with zero attached hydrogens (tertiary/aromatic N) is 2. The maximum atomic E-state index is 6.13. The van der Waals surface area contributed by atoms with E-state index >= 15 is 0 Å². The van der Waals surface area contributed by atoms with Crippen molar-refractivity contribution in [1.29, 1.82) is 0 Å². The maximum absolute atomic E-state index is 6.13. The van der Waals surface area contributed by atoms with Gasteiger partial charge in [-0.1, -0.05) is 73.1 Å². The number of pyridine rings is 1. The number of hydrogen-bond donors (Lipinski definition) is 0. The molecule has 0 aliphatic carbocycles. The van der Waals surface area contributed by atoms with E-state index in [1.807, 2.05) is 18.2 Å². The Kier molecular flexibility index (Phi) is 5.48. The highest BCUT2D eigenvalue weighted by Crippen LogP contribution is 2.23. The number of aryl methyl sites for hydroxylation is 3. The first-order valence-corrected chi connectivity index (χ1v) is 11.3. The molecule has 154 valence electrons. The molecule has 0 saturated carbocycles. The van der Waals surface area contributed by atoms with Crippen LogP contribution in [0.2, 0.25) is 5.02 Å². The second-order valence-corrected chi connectivity index (χ2v) is 8.55. The van der Waals surface area contributed by atoms with Crippen molar-refractivity contribution in [1.82, 2.24) is 9.55 Å². The molecule has 0 aliphatic rings. The van der Waals surface area contributed by atoms with Gasteiger partial charge >= 0.3 is 0 Å². The van der Waals surface area contributed by atoms with Gasteiger partial charge in [-0.3, -0.25) is 4.98 Å². The van der Waals surface area contributed by atoms with Crippen LogP contribution >= 0.6 is 11.6 Å². The number of rotatable bonds is 6. The lowest BCUT2D eigenvalue weighted by molar-refractivity contribution is 0.826. The van der Waals surface area contributed by atoms with E-state index in [4.69, 9.17) is 16.6 Å². The van der Waals surface area contributed by atoms with Gasteiger partial charge in [-0.05, 0) is 65.6 Å². The van der Waals surface area contributed by atoms with E-state index in [1.165, 1.54) is 27.6 Å². The summed E-state index contributed by atoms with van der Waals surface area (Å²) in [6.45, 7) is 3.11. The fourth-order valence-corrected chi connectivity index (χ4v) is 4.55. The van der Waals surface area contributed by atoms with Gasteiger partial charge in [-0.15, -0.1) is 0 Å². The number of para-hydroxylation sites is 1. The first-order valence-electron chi connectivity index (χ1n) is 10.9. The van der Waals surface area contributed by atoms with Crippen molar-refractivity contribution in [3.8, 4) is 0 Å². The third-order valence-corrected chi connectivity index (χ3v) is 6.21. The normalized spacial score (nSPS) is 11.4. The van der Waals surface area contributed by atoms with Crippen molar-refractivity contribution in [2.75, 3.05) is 0 Å². The van der Waals surface area contributed by atoms with Crippen LogP contribution in [0.4, 0.5) is 0 Å². The molecule has 0 radical (unpaired) electrons. The van der Waals surface area contributed by atoms with Gasteiger partial charge in [0.1, 0.15) is 0 Å². The van der Waals surface area contributed by atoms with Crippen LogP contribution in [0.3, 0.4) is 0 Å². The zero-order valence-corrected chi connectivity index (χ0v) is 18.4. The minimum Gasteiger partial charge on any atom is -0.343 e. The van der Waals surface area contributed by atoms with Crippen LogP contribution in [0, 0.1) is 0 Å². The van der Waals surface area contributed by atoms with Gasteiger partial charge in [0, 0.05) is 28.8 Å². The molecule has 0 N–H and O–H groups in total. The standard InChI is InChI=1S/C28H25ClN2/c1-2-22-7-4-8-24-15-16-31(28(22)24)19-21-6-3-5-20(17-21)9-13-26-14-11-23-10-12-25(29)18-27(23)30-26/h3-8,10-12,14-18H,2,9,13,19H2,1H3. The number of fused-ring (bicyclic) bond motifs is 2. The summed E-state index contributed by atoms with van der Waals surface area (Å²) >= 11 is 6.13.